The molecule has 1 amide bonds. The number of ether oxygens (including phenoxy) is 1. The average Bonchev–Trinajstić information content (AvgIpc) is 3.37. The normalized spacial score (nSPS) is 11.5. The van der Waals surface area contributed by atoms with Gasteiger partial charge in [-0.1, -0.05) is 30.3 Å². The van der Waals surface area contributed by atoms with Crippen LogP contribution in [0.2, 0.25) is 0 Å². The van der Waals surface area contributed by atoms with Gasteiger partial charge < -0.3 is 14.6 Å². The molecule has 31 heavy (non-hydrogen) atoms. The van der Waals surface area contributed by atoms with Gasteiger partial charge in [0.25, 0.3) is 0 Å². The van der Waals surface area contributed by atoms with Crippen LogP contribution in [0.3, 0.4) is 0 Å². The van der Waals surface area contributed by atoms with E-state index in [9.17, 15) is 13.2 Å². The Labute approximate surface area is 183 Å². The van der Waals surface area contributed by atoms with Crippen molar-refractivity contribution in [3.63, 3.8) is 0 Å². The number of nitrogens with one attached hydrogen (secondary N) is 1. The van der Waals surface area contributed by atoms with Crippen LogP contribution in [-0.2, 0) is 34.5 Å². The summed E-state index contributed by atoms with van der Waals surface area (Å²) in [7, 11) is -3.74. The number of nitrogens with two attached hydrogens (primary N) is 1. The van der Waals surface area contributed by atoms with Crippen LogP contribution >= 0.6 is 11.3 Å². The van der Waals surface area contributed by atoms with Crippen molar-refractivity contribution in [3.05, 3.63) is 77.4 Å². The molecule has 0 aliphatic heterocycles. The van der Waals surface area contributed by atoms with Gasteiger partial charge in [-0.2, -0.15) is 0 Å². The smallest absolute Gasteiger partial charge is 0.247 e. The van der Waals surface area contributed by atoms with Crippen molar-refractivity contribution in [1.29, 1.82) is 0 Å². The fraction of sp³-hybridized carbons (Fsp3) is 0.143. The second kappa shape index (κ2) is 8.88. The van der Waals surface area contributed by atoms with E-state index in [0.29, 0.717) is 16.5 Å². The molecule has 0 unspecified atom stereocenters. The maximum absolute atomic E-state index is 12.6. The van der Waals surface area contributed by atoms with Gasteiger partial charge in [0, 0.05) is 4.88 Å². The highest BCUT2D eigenvalue weighted by Crippen LogP contribution is 2.21. The number of amides is 1. The zero-order valence-corrected chi connectivity index (χ0v) is 18.0. The second-order valence-electron chi connectivity index (χ2n) is 6.75. The minimum Gasteiger partial charge on any atom is -0.486 e. The summed E-state index contributed by atoms with van der Waals surface area (Å²) in [6.45, 7) is 0.484. The number of sulfonamides is 1. The van der Waals surface area contributed by atoms with Crippen LogP contribution in [-0.4, -0.2) is 23.9 Å². The predicted molar refractivity (Wildman–Crippen MR) is 118 cm³/mol. The van der Waals surface area contributed by atoms with Crippen molar-refractivity contribution >= 4 is 38.3 Å². The van der Waals surface area contributed by atoms with Crippen molar-refractivity contribution in [2.75, 3.05) is 0 Å². The van der Waals surface area contributed by atoms with Crippen molar-refractivity contribution < 1.29 is 17.9 Å². The molecule has 3 N–H and O–H groups in total. The van der Waals surface area contributed by atoms with Gasteiger partial charge in [-0.3, -0.25) is 4.79 Å². The number of nitrogens with zero attached hydrogens (tertiary/aromatic N) is 2. The first-order valence-corrected chi connectivity index (χ1v) is 11.8. The molecule has 2 heterocycles. The van der Waals surface area contributed by atoms with E-state index in [1.165, 1.54) is 6.07 Å². The highest BCUT2D eigenvalue weighted by Gasteiger charge is 2.15. The summed E-state index contributed by atoms with van der Waals surface area (Å²) in [6.07, 6.45) is 0. The number of rotatable bonds is 8. The molecule has 0 bridgehead atoms. The Kier molecular flexibility index (Phi) is 6.03. The molecular formula is C21H20N4O4S2. The van der Waals surface area contributed by atoms with Crippen molar-refractivity contribution in [3.8, 4) is 5.75 Å². The highest BCUT2D eigenvalue weighted by atomic mass is 32.2. The van der Waals surface area contributed by atoms with Gasteiger partial charge in [0.1, 0.15) is 28.9 Å². The molecule has 2 aromatic heterocycles. The number of benzene rings is 2. The number of carbonyl (C=O) groups is 1. The predicted octanol–water partition coefficient (Wildman–Crippen LogP) is 2.64. The third kappa shape index (κ3) is 5.10. The quantitative estimate of drug-likeness (QED) is 0.423. The average molecular weight is 457 g/mol. The molecule has 0 saturated heterocycles. The Morgan fingerprint density at radius 1 is 1.06 bits per heavy atom. The molecule has 0 aliphatic rings. The van der Waals surface area contributed by atoms with Crippen molar-refractivity contribution in [2.45, 2.75) is 23.9 Å². The van der Waals surface area contributed by atoms with Gasteiger partial charge >= 0.3 is 0 Å². The van der Waals surface area contributed by atoms with E-state index in [1.54, 1.807) is 6.07 Å². The van der Waals surface area contributed by atoms with Crippen LogP contribution in [0.1, 0.15) is 10.7 Å². The van der Waals surface area contributed by atoms with Crippen LogP contribution in [0.15, 0.2) is 70.9 Å². The summed E-state index contributed by atoms with van der Waals surface area (Å²) in [4.78, 5) is 17.9. The van der Waals surface area contributed by atoms with Crippen LogP contribution in [0.4, 0.5) is 0 Å². The third-order valence-corrected chi connectivity index (χ3v) is 7.05. The summed E-state index contributed by atoms with van der Waals surface area (Å²) in [5, 5.41) is 7.94. The number of carbonyl (C=O) groups excluding carboxylic acids is 1. The molecule has 0 aliphatic carbocycles. The lowest BCUT2D eigenvalue weighted by Gasteiger charge is -2.11. The Morgan fingerprint density at radius 3 is 2.55 bits per heavy atom. The van der Waals surface area contributed by atoms with Crippen LogP contribution in [0.25, 0.3) is 11.0 Å². The minimum absolute atomic E-state index is 0.0570. The van der Waals surface area contributed by atoms with E-state index in [4.69, 9.17) is 9.88 Å². The molecule has 0 fully saturated rings. The number of thiophene rings is 1. The summed E-state index contributed by atoms with van der Waals surface area (Å²) in [5.41, 5.74) is 1.61. The van der Waals surface area contributed by atoms with Crippen LogP contribution < -0.4 is 15.2 Å². The first kappa shape index (κ1) is 21.0. The molecule has 2 aromatic carbocycles. The maximum atomic E-state index is 12.6. The molecule has 0 atom stereocenters. The number of hydrogen-bond acceptors (Lipinski definition) is 6. The number of fused-ring (bicyclic) bond motifs is 1. The van der Waals surface area contributed by atoms with E-state index in [2.05, 4.69) is 10.3 Å². The van der Waals surface area contributed by atoms with Crippen LogP contribution in [0, 0.1) is 0 Å². The highest BCUT2D eigenvalue weighted by molar-refractivity contribution is 7.91. The monoisotopic (exact) mass is 456 g/mol. The van der Waals surface area contributed by atoms with Gasteiger partial charge in [-0.25, -0.2) is 18.5 Å². The number of aromatic nitrogens is 2. The maximum Gasteiger partial charge on any atom is 0.247 e. The lowest BCUT2D eigenvalue weighted by Crippen LogP contribution is -2.27. The van der Waals surface area contributed by atoms with E-state index in [0.717, 1.165) is 22.4 Å². The molecule has 160 valence electrons. The number of para-hydroxylation sites is 3. The summed E-state index contributed by atoms with van der Waals surface area (Å²) in [6, 6.07) is 20.0. The molecule has 0 saturated carbocycles. The molecule has 10 heteroatoms. The fourth-order valence-electron chi connectivity index (χ4n) is 3.07. The topological polar surface area (TPSA) is 116 Å². The summed E-state index contributed by atoms with van der Waals surface area (Å²) < 4.78 is 30.5. The fourth-order valence-corrected chi connectivity index (χ4v) is 4.79. The van der Waals surface area contributed by atoms with Gasteiger partial charge in [0.2, 0.25) is 15.9 Å². The van der Waals surface area contributed by atoms with E-state index in [-0.39, 0.29) is 29.8 Å². The molecular weight excluding hydrogens is 436 g/mol. The minimum atomic E-state index is -3.74. The molecule has 4 aromatic rings. The second-order valence-corrected chi connectivity index (χ2v) is 9.70. The van der Waals surface area contributed by atoms with Gasteiger partial charge in [-0.05, 0) is 36.4 Å². The zero-order chi connectivity index (χ0) is 21.8. The zero-order valence-electron chi connectivity index (χ0n) is 16.4. The van der Waals surface area contributed by atoms with E-state index < -0.39 is 10.0 Å². The largest absolute Gasteiger partial charge is 0.486 e. The van der Waals surface area contributed by atoms with Gasteiger partial charge in [-0.15, -0.1) is 11.3 Å². The third-order valence-electron chi connectivity index (χ3n) is 4.52. The standard InChI is InChI=1S/C21H20N4O4S2/c22-31(27,28)21-11-10-16(30-21)12-23-20(26)13-25-18-9-5-4-8-17(18)24-19(25)14-29-15-6-2-1-3-7-15/h1-11H,12-14H2,(H,23,26)(H2,22,27,28). The Bertz CT molecular complexity index is 1310. The summed E-state index contributed by atoms with van der Waals surface area (Å²) >= 11 is 1.03. The van der Waals surface area contributed by atoms with E-state index in [1.807, 2.05) is 59.2 Å². The van der Waals surface area contributed by atoms with Gasteiger partial charge in [0.15, 0.2) is 0 Å². The van der Waals surface area contributed by atoms with Crippen molar-refractivity contribution in [2.24, 2.45) is 5.14 Å². The Morgan fingerprint density at radius 2 is 1.81 bits per heavy atom. The Balaban J connectivity index is 1.47. The van der Waals surface area contributed by atoms with E-state index >= 15 is 0 Å². The Hall–Kier alpha value is -3.21. The first-order valence-electron chi connectivity index (χ1n) is 9.40. The number of hydrogen-bond donors (Lipinski definition) is 2. The van der Waals surface area contributed by atoms with Gasteiger partial charge in [0.05, 0.1) is 17.6 Å². The SMILES string of the molecule is NS(=O)(=O)c1ccc(CNC(=O)Cn2c(COc3ccccc3)nc3ccccc32)s1. The van der Waals surface area contributed by atoms with Crippen molar-refractivity contribution in [1.82, 2.24) is 14.9 Å². The lowest BCUT2D eigenvalue weighted by atomic mass is 10.3. The summed E-state index contributed by atoms with van der Waals surface area (Å²) in [5.74, 6) is 1.12. The first-order chi connectivity index (χ1) is 14.9. The molecule has 0 radical (unpaired) electrons. The molecule has 8 nitrogen and oxygen atoms in total. The number of primary sulfonamides is 1. The lowest BCUT2D eigenvalue weighted by molar-refractivity contribution is -0.121. The molecule has 0 spiro atoms. The molecule has 4 rings (SSSR count). The number of imidazole rings is 1. The van der Waals surface area contributed by atoms with Crippen LogP contribution in [0.5, 0.6) is 5.75 Å².